The number of fused-ring (bicyclic) bond motifs is 1. The van der Waals surface area contributed by atoms with Crippen LogP contribution >= 0.6 is 0 Å². The summed E-state index contributed by atoms with van der Waals surface area (Å²) in [5.41, 5.74) is 0.607. The molecular weight excluding hydrogens is 324 g/mol. The zero-order chi connectivity index (χ0) is 17.3. The van der Waals surface area contributed by atoms with E-state index in [2.05, 4.69) is 0 Å². The van der Waals surface area contributed by atoms with E-state index >= 15 is 0 Å². The highest BCUT2D eigenvalue weighted by atomic mass is 16.8. The molecule has 0 unspecified atom stereocenters. The predicted molar refractivity (Wildman–Crippen MR) is 87.4 cm³/mol. The van der Waals surface area contributed by atoms with Gasteiger partial charge in [-0.25, -0.2) is 4.79 Å². The number of hydrogen-bond acceptors (Lipinski definition) is 6. The zero-order valence-electron chi connectivity index (χ0n) is 14.2. The first-order chi connectivity index (χ1) is 12.2. The van der Waals surface area contributed by atoms with Gasteiger partial charge in [0.25, 0.3) is 5.79 Å². The lowest BCUT2D eigenvalue weighted by molar-refractivity contribution is -0.447. The van der Waals surface area contributed by atoms with Crippen LogP contribution in [0.2, 0.25) is 0 Å². The van der Waals surface area contributed by atoms with Gasteiger partial charge in [-0.05, 0) is 31.2 Å². The minimum atomic E-state index is -1.20. The summed E-state index contributed by atoms with van der Waals surface area (Å²) in [6.45, 7) is 1.03. The number of esters is 1. The quantitative estimate of drug-likeness (QED) is 0.828. The smallest absolute Gasteiger partial charge is 0.341 e. The van der Waals surface area contributed by atoms with Crippen LogP contribution in [-0.2, 0) is 23.7 Å². The van der Waals surface area contributed by atoms with Crippen LogP contribution in [0, 0.1) is 0 Å². The third kappa shape index (κ3) is 2.87. The van der Waals surface area contributed by atoms with Crippen LogP contribution in [0.1, 0.15) is 50.2 Å². The largest absolute Gasteiger partial charge is 0.425 e. The molecule has 1 aromatic carbocycles. The monoisotopic (exact) mass is 348 g/mol. The van der Waals surface area contributed by atoms with Crippen molar-refractivity contribution in [2.45, 2.75) is 62.3 Å². The Morgan fingerprint density at radius 1 is 0.960 bits per heavy atom. The fraction of sp³-hybridized carbons (Fsp3) is 0.632. The van der Waals surface area contributed by atoms with Crippen molar-refractivity contribution in [3.63, 3.8) is 0 Å². The van der Waals surface area contributed by atoms with Crippen LogP contribution in [0.25, 0.3) is 0 Å². The lowest BCUT2D eigenvalue weighted by Gasteiger charge is -2.55. The Morgan fingerprint density at radius 2 is 1.60 bits per heavy atom. The molecule has 3 saturated heterocycles. The lowest BCUT2D eigenvalue weighted by Crippen LogP contribution is -2.69. The highest BCUT2D eigenvalue weighted by molar-refractivity contribution is 5.77. The first-order valence-corrected chi connectivity index (χ1v) is 9.07. The van der Waals surface area contributed by atoms with Crippen molar-refractivity contribution >= 4 is 5.97 Å². The van der Waals surface area contributed by atoms with Gasteiger partial charge in [-0.15, -0.1) is 0 Å². The van der Waals surface area contributed by atoms with Gasteiger partial charge in [0.15, 0.2) is 6.10 Å². The van der Waals surface area contributed by atoms with Crippen molar-refractivity contribution in [2.24, 2.45) is 0 Å². The average molecular weight is 348 g/mol. The van der Waals surface area contributed by atoms with Gasteiger partial charge in [-0.3, -0.25) is 0 Å². The van der Waals surface area contributed by atoms with Crippen molar-refractivity contribution in [2.75, 3.05) is 13.2 Å². The summed E-state index contributed by atoms with van der Waals surface area (Å²) in [4.78, 5) is 12.7. The van der Waals surface area contributed by atoms with Gasteiger partial charge in [0.1, 0.15) is 6.10 Å². The van der Waals surface area contributed by atoms with Crippen LogP contribution in [-0.4, -0.2) is 42.0 Å². The number of carbonyl (C=O) groups excluding carboxylic acids is 1. The molecule has 0 bridgehead atoms. The van der Waals surface area contributed by atoms with E-state index < -0.39 is 29.8 Å². The molecule has 2 spiro atoms. The summed E-state index contributed by atoms with van der Waals surface area (Å²) >= 11 is 0. The molecule has 4 atom stereocenters. The number of aliphatic hydroxyl groups is 1. The first-order valence-electron chi connectivity index (χ1n) is 9.07. The van der Waals surface area contributed by atoms with Crippen LogP contribution in [0.15, 0.2) is 30.3 Å². The van der Waals surface area contributed by atoms with Crippen LogP contribution in [0.4, 0.5) is 0 Å². The minimum Gasteiger partial charge on any atom is -0.425 e. The number of rotatable bonds is 2. The van der Waals surface area contributed by atoms with Crippen LogP contribution in [0.5, 0.6) is 0 Å². The number of ether oxygens (including phenoxy) is 4. The van der Waals surface area contributed by atoms with Gasteiger partial charge in [-0.2, -0.15) is 0 Å². The van der Waals surface area contributed by atoms with Crippen LogP contribution < -0.4 is 0 Å². The second-order valence-electron chi connectivity index (χ2n) is 6.93. The minimum absolute atomic E-state index is 0.508. The molecule has 3 aliphatic rings. The topological polar surface area (TPSA) is 74.2 Å². The van der Waals surface area contributed by atoms with E-state index in [-0.39, 0.29) is 0 Å². The van der Waals surface area contributed by atoms with Gasteiger partial charge >= 0.3 is 5.97 Å². The SMILES string of the molecule is O=C1O[C@]2(CCCCO2)[C@@]2(CCCCO2)O[C@@H]1[C@H](O)c1ccccc1. The maximum atomic E-state index is 12.7. The van der Waals surface area contributed by atoms with Crippen LogP contribution in [0.3, 0.4) is 0 Å². The van der Waals surface area contributed by atoms with Gasteiger partial charge in [0.05, 0.1) is 13.2 Å². The molecule has 3 aliphatic heterocycles. The van der Waals surface area contributed by atoms with Gasteiger partial charge in [0, 0.05) is 12.8 Å². The molecule has 0 radical (unpaired) electrons. The fourth-order valence-electron chi connectivity index (χ4n) is 3.97. The molecule has 25 heavy (non-hydrogen) atoms. The normalized spacial score (nSPS) is 37.0. The van der Waals surface area contributed by atoms with E-state index in [0.29, 0.717) is 31.6 Å². The molecule has 1 N–H and O–H groups in total. The van der Waals surface area contributed by atoms with E-state index in [1.165, 1.54) is 0 Å². The highest BCUT2D eigenvalue weighted by Crippen LogP contribution is 2.49. The summed E-state index contributed by atoms with van der Waals surface area (Å²) < 4.78 is 23.9. The zero-order valence-corrected chi connectivity index (χ0v) is 14.2. The van der Waals surface area contributed by atoms with E-state index in [1.54, 1.807) is 12.1 Å². The van der Waals surface area contributed by atoms with Gasteiger partial charge < -0.3 is 24.1 Å². The molecule has 0 aromatic heterocycles. The molecule has 3 heterocycles. The Labute approximate surface area is 147 Å². The summed E-state index contributed by atoms with van der Waals surface area (Å²) in [5.74, 6) is -2.94. The summed E-state index contributed by atoms with van der Waals surface area (Å²) in [6.07, 6.45) is 2.52. The molecule has 3 fully saturated rings. The molecule has 6 heteroatoms. The predicted octanol–water partition coefficient (Wildman–Crippen LogP) is 2.46. The molecular formula is C19H24O6. The van der Waals surface area contributed by atoms with Crippen molar-refractivity contribution in [1.29, 1.82) is 0 Å². The first kappa shape index (κ1) is 17.0. The average Bonchev–Trinajstić information content (AvgIpc) is 2.67. The van der Waals surface area contributed by atoms with Crippen molar-refractivity contribution in [1.82, 2.24) is 0 Å². The molecule has 6 nitrogen and oxygen atoms in total. The van der Waals surface area contributed by atoms with E-state index in [4.69, 9.17) is 18.9 Å². The van der Waals surface area contributed by atoms with E-state index in [9.17, 15) is 9.90 Å². The molecule has 1 aromatic rings. The van der Waals surface area contributed by atoms with Gasteiger partial charge in [0.2, 0.25) is 5.79 Å². The Kier molecular flexibility index (Phi) is 4.54. The number of hydrogen-bond donors (Lipinski definition) is 1. The lowest BCUT2D eigenvalue weighted by atomic mass is 9.88. The summed E-state index contributed by atoms with van der Waals surface area (Å²) in [6, 6.07) is 9.00. The Morgan fingerprint density at radius 3 is 2.20 bits per heavy atom. The molecule has 136 valence electrons. The fourth-order valence-corrected chi connectivity index (χ4v) is 3.97. The molecule has 0 aliphatic carbocycles. The maximum Gasteiger partial charge on any atom is 0.341 e. The number of carbonyl (C=O) groups is 1. The standard InChI is InChI=1S/C19H24O6/c20-15(14-8-2-1-3-9-14)16-17(21)25-19(11-5-7-13-23-19)18(24-16)10-4-6-12-22-18/h1-3,8-9,15-16,20H,4-7,10-13H2/t15-,16-,18-,19-/m1/s1. The highest BCUT2D eigenvalue weighted by Gasteiger charge is 2.65. The van der Waals surface area contributed by atoms with E-state index in [0.717, 1.165) is 25.7 Å². The molecule has 0 amide bonds. The van der Waals surface area contributed by atoms with Crippen molar-refractivity contribution in [3.05, 3.63) is 35.9 Å². The second-order valence-corrected chi connectivity index (χ2v) is 6.93. The Balaban J connectivity index is 1.65. The maximum absolute atomic E-state index is 12.7. The molecule has 0 saturated carbocycles. The third-order valence-corrected chi connectivity index (χ3v) is 5.29. The summed E-state index contributed by atoms with van der Waals surface area (Å²) in [5, 5.41) is 10.7. The summed E-state index contributed by atoms with van der Waals surface area (Å²) in [7, 11) is 0. The Hall–Kier alpha value is -1.47. The third-order valence-electron chi connectivity index (χ3n) is 5.29. The van der Waals surface area contributed by atoms with Gasteiger partial charge in [-0.1, -0.05) is 30.3 Å². The van der Waals surface area contributed by atoms with Crippen molar-refractivity contribution < 1.29 is 28.8 Å². The van der Waals surface area contributed by atoms with Crippen molar-refractivity contribution in [3.8, 4) is 0 Å². The molecule has 4 rings (SSSR count). The van der Waals surface area contributed by atoms with E-state index in [1.807, 2.05) is 18.2 Å². The second kappa shape index (κ2) is 6.68. The Bertz CT molecular complexity index is 604. The number of aliphatic hydroxyl groups excluding tert-OH is 1. The number of benzene rings is 1.